The van der Waals surface area contributed by atoms with E-state index in [1.165, 1.54) is 26.0 Å². The molecule has 1 aromatic carbocycles. The van der Waals surface area contributed by atoms with Crippen LogP contribution in [0.25, 0.3) is 0 Å². The van der Waals surface area contributed by atoms with Gasteiger partial charge in [0.25, 0.3) is 0 Å². The van der Waals surface area contributed by atoms with Crippen molar-refractivity contribution in [1.82, 2.24) is 0 Å². The van der Waals surface area contributed by atoms with Gasteiger partial charge < -0.3 is 0 Å². The highest BCUT2D eigenvalue weighted by Crippen LogP contribution is 2.31. The molecule has 82 valence electrons. The number of ketones is 1. The summed E-state index contributed by atoms with van der Waals surface area (Å²) in [5, 5.41) is 0. The van der Waals surface area contributed by atoms with E-state index in [0.717, 1.165) is 5.56 Å². The number of aryl methyl sites for hydroxylation is 1. The maximum atomic E-state index is 13.6. The van der Waals surface area contributed by atoms with E-state index in [1.807, 2.05) is 6.92 Å². The molecule has 0 heterocycles. The first kappa shape index (κ1) is 11.8. The van der Waals surface area contributed by atoms with Gasteiger partial charge in [-0.1, -0.05) is 43.7 Å². The SMILES string of the molecule is Cc1ccc(C(F)(F)C(=O)C(C)C)cc1. The molecule has 1 rings (SSSR count). The Hall–Kier alpha value is -1.25. The fourth-order valence-corrected chi connectivity index (χ4v) is 1.27. The van der Waals surface area contributed by atoms with Crippen molar-refractivity contribution in [3.05, 3.63) is 35.4 Å². The van der Waals surface area contributed by atoms with Crippen molar-refractivity contribution in [3.8, 4) is 0 Å². The van der Waals surface area contributed by atoms with Gasteiger partial charge in [-0.15, -0.1) is 0 Å². The molecule has 15 heavy (non-hydrogen) atoms. The van der Waals surface area contributed by atoms with Crippen molar-refractivity contribution in [1.29, 1.82) is 0 Å². The van der Waals surface area contributed by atoms with Crippen LogP contribution in [0.2, 0.25) is 0 Å². The van der Waals surface area contributed by atoms with Crippen LogP contribution in [-0.2, 0) is 10.7 Å². The Kier molecular flexibility index (Phi) is 3.22. The smallest absolute Gasteiger partial charge is 0.292 e. The van der Waals surface area contributed by atoms with Gasteiger partial charge in [0.2, 0.25) is 5.78 Å². The molecule has 1 aromatic rings. The van der Waals surface area contributed by atoms with Gasteiger partial charge in [0.05, 0.1) is 0 Å². The summed E-state index contributed by atoms with van der Waals surface area (Å²) in [4.78, 5) is 11.3. The lowest BCUT2D eigenvalue weighted by atomic mass is 9.96. The number of hydrogen-bond donors (Lipinski definition) is 0. The molecule has 0 spiro atoms. The fourth-order valence-electron chi connectivity index (χ4n) is 1.27. The van der Waals surface area contributed by atoms with Crippen LogP contribution in [0.1, 0.15) is 25.0 Å². The highest BCUT2D eigenvalue weighted by molar-refractivity contribution is 5.88. The van der Waals surface area contributed by atoms with Crippen molar-refractivity contribution in [2.24, 2.45) is 5.92 Å². The van der Waals surface area contributed by atoms with Crippen molar-refractivity contribution in [2.75, 3.05) is 0 Å². The van der Waals surface area contributed by atoms with Crippen molar-refractivity contribution < 1.29 is 13.6 Å². The minimum absolute atomic E-state index is 0.230. The molecule has 0 N–H and O–H groups in total. The molecule has 0 amide bonds. The Morgan fingerprint density at radius 1 is 1.20 bits per heavy atom. The molecule has 0 aliphatic carbocycles. The first-order valence-electron chi connectivity index (χ1n) is 4.85. The predicted molar refractivity (Wildman–Crippen MR) is 54.9 cm³/mol. The van der Waals surface area contributed by atoms with Crippen molar-refractivity contribution in [2.45, 2.75) is 26.7 Å². The fraction of sp³-hybridized carbons (Fsp3) is 0.417. The molecule has 0 radical (unpaired) electrons. The van der Waals surface area contributed by atoms with Crippen LogP contribution in [0.15, 0.2) is 24.3 Å². The van der Waals surface area contributed by atoms with Crippen LogP contribution >= 0.6 is 0 Å². The number of benzene rings is 1. The van der Waals surface area contributed by atoms with Crippen LogP contribution < -0.4 is 0 Å². The number of carbonyl (C=O) groups excluding carboxylic acids is 1. The Labute approximate surface area is 88.1 Å². The lowest BCUT2D eigenvalue weighted by molar-refractivity contribution is -0.147. The Morgan fingerprint density at radius 3 is 2.07 bits per heavy atom. The second-order valence-corrected chi connectivity index (χ2v) is 3.96. The monoisotopic (exact) mass is 212 g/mol. The molecule has 0 saturated heterocycles. The summed E-state index contributed by atoms with van der Waals surface area (Å²) in [6.45, 7) is 4.76. The third-order valence-corrected chi connectivity index (χ3v) is 2.25. The second kappa shape index (κ2) is 4.09. The molecular formula is C12H14F2O. The lowest BCUT2D eigenvalue weighted by Crippen LogP contribution is -2.29. The van der Waals surface area contributed by atoms with Crippen LogP contribution in [0, 0.1) is 12.8 Å². The standard InChI is InChI=1S/C12H14F2O/c1-8(2)11(15)12(13,14)10-6-4-9(3)5-7-10/h4-8H,1-3H3. The Morgan fingerprint density at radius 2 is 1.67 bits per heavy atom. The van der Waals surface area contributed by atoms with Crippen molar-refractivity contribution >= 4 is 5.78 Å². The summed E-state index contributed by atoms with van der Waals surface area (Å²) in [5.74, 6) is -5.07. The van der Waals surface area contributed by atoms with Crippen LogP contribution in [0.4, 0.5) is 8.78 Å². The zero-order valence-corrected chi connectivity index (χ0v) is 9.05. The van der Waals surface area contributed by atoms with Crippen LogP contribution in [0.3, 0.4) is 0 Å². The van der Waals surface area contributed by atoms with Gasteiger partial charge >= 0.3 is 5.92 Å². The third-order valence-electron chi connectivity index (χ3n) is 2.25. The Balaban J connectivity index is 3.05. The van der Waals surface area contributed by atoms with E-state index in [2.05, 4.69) is 0 Å². The van der Waals surface area contributed by atoms with E-state index in [1.54, 1.807) is 12.1 Å². The second-order valence-electron chi connectivity index (χ2n) is 3.96. The molecule has 0 aliphatic rings. The first-order chi connectivity index (χ1) is 6.85. The molecule has 0 aliphatic heterocycles. The highest BCUT2D eigenvalue weighted by Gasteiger charge is 2.41. The number of alkyl halides is 2. The molecule has 3 heteroatoms. The quantitative estimate of drug-likeness (QED) is 0.751. The van der Waals surface area contributed by atoms with E-state index in [4.69, 9.17) is 0 Å². The lowest BCUT2D eigenvalue weighted by Gasteiger charge is -2.17. The van der Waals surface area contributed by atoms with Gasteiger partial charge in [0, 0.05) is 11.5 Å². The molecule has 0 saturated carbocycles. The number of halogens is 2. The third kappa shape index (κ3) is 2.41. The van der Waals surface area contributed by atoms with Crippen molar-refractivity contribution in [3.63, 3.8) is 0 Å². The molecule has 0 atom stereocenters. The van der Waals surface area contributed by atoms with Crippen LogP contribution in [-0.4, -0.2) is 5.78 Å². The first-order valence-corrected chi connectivity index (χ1v) is 4.85. The van der Waals surface area contributed by atoms with E-state index >= 15 is 0 Å². The maximum Gasteiger partial charge on any atom is 0.330 e. The summed E-state index contributed by atoms with van der Waals surface area (Å²) in [6.07, 6.45) is 0. The average Bonchev–Trinajstić information content (AvgIpc) is 2.17. The van der Waals surface area contributed by atoms with Gasteiger partial charge in [-0.25, -0.2) is 0 Å². The summed E-state index contributed by atoms with van der Waals surface area (Å²) >= 11 is 0. The molecule has 1 nitrogen and oxygen atoms in total. The summed E-state index contributed by atoms with van der Waals surface area (Å²) in [7, 11) is 0. The minimum atomic E-state index is -3.37. The maximum absolute atomic E-state index is 13.6. The number of hydrogen-bond acceptors (Lipinski definition) is 1. The van der Waals surface area contributed by atoms with Gasteiger partial charge in [-0.3, -0.25) is 4.79 Å². The summed E-state index contributed by atoms with van der Waals surface area (Å²) < 4.78 is 27.2. The summed E-state index contributed by atoms with van der Waals surface area (Å²) in [6, 6.07) is 5.76. The molecule has 0 unspecified atom stereocenters. The molecule has 0 aromatic heterocycles. The van der Waals surface area contributed by atoms with E-state index < -0.39 is 17.6 Å². The van der Waals surface area contributed by atoms with Gasteiger partial charge in [-0.05, 0) is 6.92 Å². The topological polar surface area (TPSA) is 17.1 Å². The number of carbonyl (C=O) groups is 1. The average molecular weight is 212 g/mol. The largest absolute Gasteiger partial charge is 0.330 e. The highest BCUT2D eigenvalue weighted by atomic mass is 19.3. The predicted octanol–water partition coefficient (Wildman–Crippen LogP) is 3.31. The Bertz CT molecular complexity index is 352. The van der Waals surface area contributed by atoms with E-state index in [0.29, 0.717) is 0 Å². The molecular weight excluding hydrogens is 198 g/mol. The van der Waals surface area contributed by atoms with Crippen LogP contribution in [0.5, 0.6) is 0 Å². The number of Topliss-reactive ketones (excluding diaryl/α,β-unsaturated/α-hetero) is 1. The van der Waals surface area contributed by atoms with Gasteiger partial charge in [-0.2, -0.15) is 8.78 Å². The van der Waals surface area contributed by atoms with Gasteiger partial charge in [0.15, 0.2) is 0 Å². The van der Waals surface area contributed by atoms with E-state index in [-0.39, 0.29) is 5.56 Å². The molecule has 0 bridgehead atoms. The normalized spacial score (nSPS) is 11.9. The molecule has 0 fully saturated rings. The summed E-state index contributed by atoms with van der Waals surface area (Å²) in [5.41, 5.74) is 0.665. The zero-order chi connectivity index (χ0) is 11.6. The minimum Gasteiger partial charge on any atom is -0.292 e. The van der Waals surface area contributed by atoms with E-state index in [9.17, 15) is 13.6 Å². The van der Waals surface area contributed by atoms with Gasteiger partial charge in [0.1, 0.15) is 0 Å². The number of rotatable bonds is 3. The zero-order valence-electron chi connectivity index (χ0n) is 9.05.